The van der Waals surface area contributed by atoms with Gasteiger partial charge in [0.1, 0.15) is 11.6 Å². The molecule has 1 atom stereocenters. The summed E-state index contributed by atoms with van der Waals surface area (Å²) in [4.78, 5) is 11.7. The van der Waals surface area contributed by atoms with Crippen LogP contribution in [0.3, 0.4) is 0 Å². The van der Waals surface area contributed by atoms with Gasteiger partial charge in [0.05, 0.1) is 24.9 Å². The second-order valence-electron chi connectivity index (χ2n) is 6.42. The molecule has 0 bridgehead atoms. The summed E-state index contributed by atoms with van der Waals surface area (Å²) in [7, 11) is 1.88. The van der Waals surface area contributed by atoms with E-state index in [0.717, 1.165) is 37.0 Å². The first-order chi connectivity index (χ1) is 11.6. The minimum atomic E-state index is 0.0567. The summed E-state index contributed by atoms with van der Waals surface area (Å²) in [6.45, 7) is 9.32. The van der Waals surface area contributed by atoms with Crippen LogP contribution in [-0.2, 0) is 11.3 Å². The van der Waals surface area contributed by atoms with Crippen LogP contribution in [0.15, 0.2) is 18.3 Å². The van der Waals surface area contributed by atoms with Gasteiger partial charge in [-0.1, -0.05) is 0 Å². The highest BCUT2D eigenvalue weighted by Crippen LogP contribution is 2.25. The first kappa shape index (κ1) is 16.9. The van der Waals surface area contributed by atoms with Crippen molar-refractivity contribution in [3.05, 3.63) is 35.5 Å². The summed E-state index contributed by atoms with van der Waals surface area (Å²) in [5, 5.41) is 7.55. The van der Waals surface area contributed by atoms with Crippen LogP contribution in [0.25, 0.3) is 0 Å². The maximum atomic E-state index is 5.71. The van der Waals surface area contributed by atoms with Crippen LogP contribution in [0.5, 0.6) is 0 Å². The van der Waals surface area contributed by atoms with Crippen LogP contribution in [0, 0.1) is 6.92 Å². The Kier molecular flexibility index (Phi) is 5.11. The SMILES string of the molecule is CNc1cc(C)nc([C@@H]2COCCN2Cc2ccnn2C(C)C)n1. The molecule has 1 saturated heterocycles. The van der Waals surface area contributed by atoms with Crippen molar-refractivity contribution < 1.29 is 4.74 Å². The molecule has 130 valence electrons. The zero-order chi connectivity index (χ0) is 17.1. The van der Waals surface area contributed by atoms with Gasteiger partial charge in [0.2, 0.25) is 0 Å². The van der Waals surface area contributed by atoms with Gasteiger partial charge < -0.3 is 10.1 Å². The van der Waals surface area contributed by atoms with Crippen LogP contribution in [-0.4, -0.2) is 51.5 Å². The minimum Gasteiger partial charge on any atom is -0.378 e. The van der Waals surface area contributed by atoms with Crippen molar-refractivity contribution in [3.8, 4) is 0 Å². The number of hydrogen-bond acceptors (Lipinski definition) is 6. The molecule has 0 unspecified atom stereocenters. The standard InChI is InChI=1S/C17H26N6O/c1-12(2)23-14(5-6-19-23)10-22-7-8-24-11-15(22)17-20-13(3)9-16(18-4)21-17/h5-6,9,12,15H,7-8,10-11H2,1-4H3,(H,18,20,21)/t15-/m0/s1. The Morgan fingerprint density at radius 2 is 2.21 bits per heavy atom. The third-order valence-electron chi connectivity index (χ3n) is 4.27. The molecule has 1 aliphatic heterocycles. The predicted molar refractivity (Wildman–Crippen MR) is 92.9 cm³/mol. The minimum absolute atomic E-state index is 0.0567. The van der Waals surface area contributed by atoms with Gasteiger partial charge in [-0.3, -0.25) is 9.58 Å². The largest absolute Gasteiger partial charge is 0.378 e. The highest BCUT2D eigenvalue weighted by molar-refractivity contribution is 5.35. The molecule has 3 heterocycles. The van der Waals surface area contributed by atoms with Crippen molar-refractivity contribution >= 4 is 5.82 Å². The molecule has 3 rings (SSSR count). The van der Waals surface area contributed by atoms with Crippen molar-refractivity contribution in [2.45, 2.75) is 39.4 Å². The second kappa shape index (κ2) is 7.27. The summed E-state index contributed by atoms with van der Waals surface area (Å²) < 4.78 is 7.78. The third-order valence-corrected chi connectivity index (χ3v) is 4.27. The molecule has 0 saturated carbocycles. The molecule has 24 heavy (non-hydrogen) atoms. The van der Waals surface area contributed by atoms with E-state index in [1.165, 1.54) is 5.69 Å². The average molecular weight is 330 g/mol. The fourth-order valence-corrected chi connectivity index (χ4v) is 3.07. The maximum absolute atomic E-state index is 5.71. The lowest BCUT2D eigenvalue weighted by atomic mass is 10.2. The molecule has 1 fully saturated rings. The number of rotatable bonds is 5. The van der Waals surface area contributed by atoms with Crippen molar-refractivity contribution in [1.29, 1.82) is 0 Å². The number of hydrogen-bond donors (Lipinski definition) is 1. The molecular formula is C17H26N6O. The number of nitrogens with zero attached hydrogens (tertiary/aromatic N) is 5. The van der Waals surface area contributed by atoms with Gasteiger partial charge in [-0.05, 0) is 26.8 Å². The zero-order valence-electron chi connectivity index (χ0n) is 14.9. The Morgan fingerprint density at radius 3 is 2.96 bits per heavy atom. The number of nitrogens with one attached hydrogen (secondary N) is 1. The fourth-order valence-electron chi connectivity index (χ4n) is 3.07. The van der Waals surface area contributed by atoms with Gasteiger partial charge in [-0.15, -0.1) is 0 Å². The lowest BCUT2D eigenvalue weighted by Gasteiger charge is -2.34. The van der Waals surface area contributed by atoms with E-state index in [1.54, 1.807) is 0 Å². The van der Waals surface area contributed by atoms with Crippen LogP contribution in [0.4, 0.5) is 5.82 Å². The van der Waals surface area contributed by atoms with Crippen LogP contribution in [0.2, 0.25) is 0 Å². The van der Waals surface area contributed by atoms with Gasteiger partial charge in [0.25, 0.3) is 0 Å². The zero-order valence-corrected chi connectivity index (χ0v) is 14.9. The van der Waals surface area contributed by atoms with Gasteiger partial charge in [0.15, 0.2) is 0 Å². The van der Waals surface area contributed by atoms with Gasteiger partial charge in [-0.25, -0.2) is 9.97 Å². The van der Waals surface area contributed by atoms with E-state index in [-0.39, 0.29) is 6.04 Å². The lowest BCUT2D eigenvalue weighted by molar-refractivity contribution is -0.0171. The number of morpholine rings is 1. The molecule has 1 N–H and O–H groups in total. The summed E-state index contributed by atoms with van der Waals surface area (Å²) in [6.07, 6.45) is 1.87. The molecule has 0 spiro atoms. The highest BCUT2D eigenvalue weighted by Gasteiger charge is 2.28. The third kappa shape index (κ3) is 3.57. The fraction of sp³-hybridized carbons (Fsp3) is 0.588. The van der Waals surface area contributed by atoms with Gasteiger partial charge >= 0.3 is 0 Å². The first-order valence-electron chi connectivity index (χ1n) is 8.46. The van der Waals surface area contributed by atoms with E-state index in [9.17, 15) is 0 Å². The molecule has 7 nitrogen and oxygen atoms in total. The molecule has 0 radical (unpaired) electrons. The molecule has 1 aliphatic rings. The summed E-state index contributed by atoms with van der Waals surface area (Å²) in [5.74, 6) is 1.66. The van der Waals surface area contributed by atoms with E-state index in [1.807, 2.05) is 26.2 Å². The normalized spacial score (nSPS) is 19.0. The van der Waals surface area contributed by atoms with Crippen LogP contribution >= 0.6 is 0 Å². The number of anilines is 1. The Hall–Kier alpha value is -1.99. The number of aromatic nitrogens is 4. The Labute approximate surface area is 143 Å². The molecule has 0 aromatic carbocycles. The van der Waals surface area contributed by atoms with Crippen molar-refractivity contribution in [3.63, 3.8) is 0 Å². The maximum Gasteiger partial charge on any atom is 0.150 e. The molecule has 2 aromatic heterocycles. The number of ether oxygens (including phenoxy) is 1. The van der Waals surface area contributed by atoms with Crippen molar-refractivity contribution in [1.82, 2.24) is 24.6 Å². The molecule has 0 amide bonds. The summed E-state index contributed by atoms with van der Waals surface area (Å²) in [5.41, 5.74) is 2.17. The molecule has 2 aromatic rings. The quantitative estimate of drug-likeness (QED) is 0.906. The Balaban J connectivity index is 1.86. The van der Waals surface area contributed by atoms with E-state index >= 15 is 0 Å². The average Bonchev–Trinajstić information content (AvgIpc) is 3.03. The van der Waals surface area contributed by atoms with Crippen LogP contribution in [0.1, 0.15) is 43.1 Å². The van der Waals surface area contributed by atoms with E-state index < -0.39 is 0 Å². The highest BCUT2D eigenvalue weighted by atomic mass is 16.5. The van der Waals surface area contributed by atoms with E-state index in [2.05, 4.69) is 49.9 Å². The summed E-state index contributed by atoms with van der Waals surface area (Å²) in [6, 6.07) is 4.44. The van der Waals surface area contributed by atoms with Crippen molar-refractivity contribution in [2.24, 2.45) is 0 Å². The van der Waals surface area contributed by atoms with Crippen LogP contribution < -0.4 is 5.32 Å². The molecular weight excluding hydrogens is 304 g/mol. The molecule has 7 heteroatoms. The predicted octanol–water partition coefficient (Wildman–Crippen LogP) is 2.18. The number of aryl methyl sites for hydroxylation is 1. The smallest absolute Gasteiger partial charge is 0.150 e. The first-order valence-corrected chi connectivity index (χ1v) is 8.46. The lowest BCUT2D eigenvalue weighted by Crippen LogP contribution is -2.40. The second-order valence-corrected chi connectivity index (χ2v) is 6.42. The summed E-state index contributed by atoms with van der Waals surface area (Å²) >= 11 is 0. The van der Waals surface area contributed by atoms with Gasteiger partial charge in [-0.2, -0.15) is 5.10 Å². The Bertz CT molecular complexity index is 683. The Morgan fingerprint density at radius 1 is 1.38 bits per heavy atom. The monoisotopic (exact) mass is 330 g/mol. The van der Waals surface area contributed by atoms with E-state index in [4.69, 9.17) is 4.74 Å². The topological polar surface area (TPSA) is 68.1 Å². The van der Waals surface area contributed by atoms with E-state index in [0.29, 0.717) is 12.6 Å². The van der Waals surface area contributed by atoms with Gasteiger partial charge in [0, 0.05) is 44.1 Å². The van der Waals surface area contributed by atoms with Crippen molar-refractivity contribution in [2.75, 3.05) is 32.1 Å². The molecule has 0 aliphatic carbocycles.